The van der Waals surface area contributed by atoms with Gasteiger partial charge in [0.25, 0.3) is 0 Å². The van der Waals surface area contributed by atoms with E-state index >= 15 is 0 Å². The van der Waals surface area contributed by atoms with Gasteiger partial charge >= 0.3 is 0 Å². The van der Waals surface area contributed by atoms with E-state index in [-0.39, 0.29) is 0 Å². The Bertz CT molecular complexity index is 671. The molecule has 0 saturated heterocycles. The van der Waals surface area contributed by atoms with Crippen molar-refractivity contribution in [3.8, 4) is 0 Å². The molecule has 1 heterocycles. The van der Waals surface area contributed by atoms with Crippen LogP contribution in [0.15, 0.2) is 18.5 Å². The Balaban J connectivity index is 2.16. The number of rotatable bonds is 37. The van der Waals surface area contributed by atoms with Crippen molar-refractivity contribution < 1.29 is 4.57 Å². The number of hydrogen-bond donors (Lipinski definition) is 0. The van der Waals surface area contributed by atoms with E-state index < -0.39 is 0 Å². The third-order valence-corrected chi connectivity index (χ3v) is 10.4. The Morgan fingerprint density at radius 3 is 0.826 bits per heavy atom. The van der Waals surface area contributed by atoms with Gasteiger partial charge in [0, 0.05) is 17.5 Å². The lowest BCUT2D eigenvalue weighted by atomic mass is 10.0. The van der Waals surface area contributed by atoms with Crippen LogP contribution in [-0.4, -0.2) is 0 Å². The highest BCUT2D eigenvalue weighted by Gasteiger charge is 2.09. The fraction of sp³-hybridized carbons (Fsp3) is 0.889. The third kappa shape index (κ3) is 29.3. The van der Waals surface area contributed by atoms with Gasteiger partial charge in [-0.1, -0.05) is 213 Å². The molecule has 1 rings (SSSR count). The van der Waals surface area contributed by atoms with E-state index in [4.69, 9.17) is 0 Å². The summed E-state index contributed by atoms with van der Waals surface area (Å²) in [5.74, 6) is 0. The molecule has 0 spiro atoms. The summed E-state index contributed by atoms with van der Waals surface area (Å²) in [4.78, 5) is 0. The van der Waals surface area contributed by atoms with Gasteiger partial charge in [0.1, 0.15) is 6.54 Å². The van der Waals surface area contributed by atoms with Gasteiger partial charge in [-0.05, 0) is 38.2 Å². The van der Waals surface area contributed by atoms with Crippen LogP contribution in [0.25, 0.3) is 0 Å². The van der Waals surface area contributed by atoms with Gasteiger partial charge in [0.2, 0.25) is 0 Å². The molecule has 0 aromatic carbocycles. The van der Waals surface area contributed by atoms with Crippen molar-refractivity contribution in [2.24, 2.45) is 0 Å². The Hall–Kier alpha value is -0.850. The van der Waals surface area contributed by atoms with Gasteiger partial charge in [-0.3, -0.25) is 0 Å². The average molecular weight is 641 g/mol. The van der Waals surface area contributed by atoms with Crippen LogP contribution in [0, 0.1) is 0 Å². The predicted molar refractivity (Wildman–Crippen MR) is 208 cm³/mol. The number of unbranched alkanes of at least 4 members (excludes halogenated alkanes) is 31. The zero-order valence-electron chi connectivity index (χ0n) is 32.3. The molecule has 270 valence electrons. The summed E-state index contributed by atoms with van der Waals surface area (Å²) in [6.45, 7) is 8.15. The van der Waals surface area contributed by atoms with Crippen molar-refractivity contribution in [2.75, 3.05) is 0 Å². The number of aryl methyl sites for hydroxylation is 3. The molecule has 0 aliphatic rings. The summed E-state index contributed by atoms with van der Waals surface area (Å²) in [6, 6.07) is 2.57. The SMILES string of the molecule is CCCCCCCCCCCCCCCCCc1cc(CCCCCCCCCCCCCCCCC)c[n+](CCCCCC)c1. The fourth-order valence-electron chi connectivity index (χ4n) is 7.30. The van der Waals surface area contributed by atoms with Crippen molar-refractivity contribution in [3.05, 3.63) is 29.6 Å². The van der Waals surface area contributed by atoms with E-state index in [0.717, 1.165) is 0 Å². The van der Waals surface area contributed by atoms with Crippen LogP contribution in [0.3, 0.4) is 0 Å². The first-order valence-electron chi connectivity index (χ1n) is 21.8. The molecule has 0 bridgehead atoms. The first-order valence-corrected chi connectivity index (χ1v) is 21.8. The summed E-state index contributed by atoms with van der Waals surface area (Å²) in [5.41, 5.74) is 3.20. The second-order valence-corrected chi connectivity index (χ2v) is 15.3. The average Bonchev–Trinajstić information content (AvgIpc) is 3.06. The van der Waals surface area contributed by atoms with Gasteiger partial charge in [0.05, 0.1) is 0 Å². The van der Waals surface area contributed by atoms with Gasteiger partial charge in [-0.25, -0.2) is 4.57 Å². The van der Waals surface area contributed by atoms with Crippen molar-refractivity contribution in [1.82, 2.24) is 0 Å². The molecule has 0 aliphatic heterocycles. The van der Waals surface area contributed by atoms with E-state index in [2.05, 4.69) is 43.8 Å². The minimum Gasteiger partial charge on any atom is -0.205 e. The highest BCUT2D eigenvalue weighted by atomic mass is 14.9. The van der Waals surface area contributed by atoms with Crippen LogP contribution in [0.2, 0.25) is 0 Å². The van der Waals surface area contributed by atoms with E-state index in [9.17, 15) is 0 Å². The van der Waals surface area contributed by atoms with Gasteiger partial charge in [-0.15, -0.1) is 0 Å². The zero-order valence-corrected chi connectivity index (χ0v) is 32.3. The van der Waals surface area contributed by atoms with Crippen LogP contribution in [0.1, 0.15) is 250 Å². The maximum absolute atomic E-state index is 2.57. The summed E-state index contributed by atoms with van der Waals surface area (Å²) < 4.78 is 2.55. The van der Waals surface area contributed by atoms with E-state index in [0.29, 0.717) is 0 Å². The van der Waals surface area contributed by atoms with Crippen LogP contribution >= 0.6 is 0 Å². The van der Waals surface area contributed by atoms with E-state index in [1.54, 1.807) is 11.1 Å². The van der Waals surface area contributed by atoms with Crippen molar-refractivity contribution in [1.29, 1.82) is 0 Å². The molecule has 0 radical (unpaired) electrons. The van der Waals surface area contributed by atoms with Gasteiger partial charge in [-0.2, -0.15) is 0 Å². The molecule has 1 aromatic rings. The van der Waals surface area contributed by atoms with Crippen molar-refractivity contribution in [3.63, 3.8) is 0 Å². The quantitative estimate of drug-likeness (QED) is 0.0503. The summed E-state index contributed by atoms with van der Waals surface area (Å²) >= 11 is 0. The zero-order chi connectivity index (χ0) is 33.0. The third-order valence-electron chi connectivity index (χ3n) is 10.4. The molecule has 0 saturated carbocycles. The normalized spacial score (nSPS) is 11.5. The smallest absolute Gasteiger partial charge is 0.171 e. The minimum absolute atomic E-state index is 1.21. The Morgan fingerprint density at radius 1 is 0.304 bits per heavy atom. The van der Waals surface area contributed by atoms with Crippen LogP contribution in [-0.2, 0) is 19.4 Å². The first kappa shape index (κ1) is 43.2. The monoisotopic (exact) mass is 641 g/mol. The highest BCUT2D eigenvalue weighted by molar-refractivity contribution is 5.15. The second kappa shape index (κ2) is 35.5. The largest absolute Gasteiger partial charge is 0.205 e. The Morgan fingerprint density at radius 2 is 0.543 bits per heavy atom. The number of aromatic nitrogens is 1. The molecule has 0 fully saturated rings. The van der Waals surface area contributed by atoms with Gasteiger partial charge in [0.15, 0.2) is 12.4 Å². The maximum atomic E-state index is 2.57. The molecule has 0 atom stereocenters. The summed E-state index contributed by atoms with van der Waals surface area (Å²) in [5, 5.41) is 0. The number of pyridine rings is 1. The molecule has 0 aliphatic carbocycles. The topological polar surface area (TPSA) is 3.88 Å². The number of nitrogens with zero attached hydrogens (tertiary/aromatic N) is 1. The minimum atomic E-state index is 1.21. The fourth-order valence-corrected chi connectivity index (χ4v) is 7.30. The Kier molecular flexibility index (Phi) is 33.3. The molecular weight excluding hydrogens is 555 g/mol. The molecule has 1 nitrogen and oxygen atoms in total. The first-order chi connectivity index (χ1) is 22.8. The molecule has 1 aromatic heterocycles. The molecule has 0 N–H and O–H groups in total. The van der Waals surface area contributed by atoms with Crippen molar-refractivity contribution >= 4 is 0 Å². The maximum Gasteiger partial charge on any atom is 0.171 e. The highest BCUT2D eigenvalue weighted by Crippen LogP contribution is 2.17. The standard InChI is InChI=1S/C45H86N/c1-4-7-10-13-15-17-19-21-23-25-27-29-31-33-35-38-44-41-45(43-46(42-44)40-37-12-9-6-3)39-36-34-32-30-28-26-24-22-20-18-16-14-11-8-5-2/h41-43H,4-40H2,1-3H3/q+1. The van der Waals surface area contributed by atoms with Crippen LogP contribution < -0.4 is 4.57 Å². The van der Waals surface area contributed by atoms with Crippen LogP contribution in [0.4, 0.5) is 0 Å². The lowest BCUT2D eigenvalue weighted by Crippen LogP contribution is -2.34. The molecule has 46 heavy (non-hydrogen) atoms. The summed E-state index contributed by atoms with van der Waals surface area (Å²) in [6.07, 6.45) is 56.4. The molecule has 1 heteroatoms. The van der Waals surface area contributed by atoms with Gasteiger partial charge < -0.3 is 0 Å². The van der Waals surface area contributed by atoms with Crippen molar-refractivity contribution in [2.45, 2.75) is 258 Å². The second-order valence-electron chi connectivity index (χ2n) is 15.3. The lowest BCUT2D eigenvalue weighted by molar-refractivity contribution is -0.698. The van der Waals surface area contributed by atoms with E-state index in [1.165, 1.54) is 238 Å². The van der Waals surface area contributed by atoms with Crippen LogP contribution in [0.5, 0.6) is 0 Å². The molecule has 0 unspecified atom stereocenters. The summed E-state index contributed by atoms with van der Waals surface area (Å²) in [7, 11) is 0. The predicted octanol–water partition coefficient (Wildman–Crippen LogP) is 15.4. The molecular formula is C45H86N+. The molecule has 0 amide bonds. The number of hydrogen-bond acceptors (Lipinski definition) is 0. The Labute approximate surface area is 291 Å². The van der Waals surface area contributed by atoms with E-state index in [1.807, 2.05) is 0 Å². The lowest BCUT2D eigenvalue weighted by Gasteiger charge is -2.07.